The zero-order chi connectivity index (χ0) is 15.9. The third-order valence-electron chi connectivity index (χ3n) is 4.50. The van der Waals surface area contributed by atoms with Gasteiger partial charge in [0.25, 0.3) is 0 Å². The van der Waals surface area contributed by atoms with E-state index in [1.54, 1.807) is 0 Å². The molecule has 0 bridgehead atoms. The van der Waals surface area contributed by atoms with Crippen LogP contribution in [0.5, 0.6) is 0 Å². The molecule has 0 radical (unpaired) electrons. The third-order valence-corrected chi connectivity index (χ3v) is 4.50. The molecule has 0 aromatic heterocycles. The van der Waals surface area contributed by atoms with E-state index >= 15 is 0 Å². The summed E-state index contributed by atoms with van der Waals surface area (Å²) >= 11 is 0. The minimum absolute atomic E-state index is 0.0838. The predicted molar refractivity (Wildman–Crippen MR) is 95.6 cm³/mol. The predicted octanol–water partition coefficient (Wildman–Crippen LogP) is 6.51. The first-order valence-electron chi connectivity index (χ1n) is 9.39. The number of hydrogen-bond acceptors (Lipinski definition) is 1. The Bertz CT molecular complexity index is 224. The maximum atomic E-state index is 10.2. The Kier molecular flexibility index (Phi) is 14.4. The van der Waals surface area contributed by atoms with Crippen LogP contribution in [0.4, 0.5) is 0 Å². The second-order valence-corrected chi connectivity index (χ2v) is 7.11. The van der Waals surface area contributed by atoms with Gasteiger partial charge in [-0.05, 0) is 37.5 Å². The van der Waals surface area contributed by atoms with E-state index in [9.17, 15) is 5.11 Å². The van der Waals surface area contributed by atoms with Crippen molar-refractivity contribution in [2.45, 2.75) is 104 Å². The molecule has 3 atom stereocenters. The fourth-order valence-corrected chi connectivity index (χ4v) is 3.13. The van der Waals surface area contributed by atoms with Crippen LogP contribution in [0.15, 0.2) is 12.7 Å². The van der Waals surface area contributed by atoms with E-state index in [-0.39, 0.29) is 6.10 Å². The number of unbranched alkanes of at least 4 members (excludes halogenated alkanes) is 6. The monoisotopic (exact) mass is 296 g/mol. The van der Waals surface area contributed by atoms with Crippen molar-refractivity contribution in [1.29, 1.82) is 0 Å². The zero-order valence-corrected chi connectivity index (χ0v) is 14.9. The van der Waals surface area contributed by atoms with Gasteiger partial charge in [-0.3, -0.25) is 0 Å². The quantitative estimate of drug-likeness (QED) is 0.270. The second kappa shape index (κ2) is 14.6. The smallest absolute Gasteiger partial charge is 0.0545 e. The summed E-state index contributed by atoms with van der Waals surface area (Å²) in [6, 6.07) is 0. The average molecular weight is 297 g/mol. The highest BCUT2D eigenvalue weighted by atomic mass is 16.3. The van der Waals surface area contributed by atoms with Gasteiger partial charge in [-0.25, -0.2) is 0 Å². The summed E-state index contributed by atoms with van der Waals surface area (Å²) in [7, 11) is 0. The first-order chi connectivity index (χ1) is 10.1. The normalized spacial score (nSPS) is 15.6. The lowest BCUT2D eigenvalue weighted by atomic mass is 9.90. The van der Waals surface area contributed by atoms with Gasteiger partial charge in [0.2, 0.25) is 0 Å². The summed E-state index contributed by atoms with van der Waals surface area (Å²) < 4.78 is 0. The van der Waals surface area contributed by atoms with Crippen LogP contribution in [0.2, 0.25) is 0 Å². The van der Waals surface area contributed by atoms with Crippen LogP contribution in [0, 0.1) is 11.8 Å². The number of aliphatic hydroxyl groups excluding tert-OH is 1. The lowest BCUT2D eigenvalue weighted by Crippen LogP contribution is -2.15. The van der Waals surface area contributed by atoms with E-state index in [1.807, 2.05) is 6.08 Å². The lowest BCUT2D eigenvalue weighted by molar-refractivity contribution is 0.115. The topological polar surface area (TPSA) is 20.2 Å². The highest BCUT2D eigenvalue weighted by Crippen LogP contribution is 2.21. The molecule has 0 aliphatic heterocycles. The van der Waals surface area contributed by atoms with E-state index in [1.165, 1.54) is 64.2 Å². The van der Waals surface area contributed by atoms with Crippen LogP contribution in [0.3, 0.4) is 0 Å². The maximum absolute atomic E-state index is 10.2. The Morgan fingerprint density at radius 2 is 1.38 bits per heavy atom. The molecule has 1 heteroatoms. The van der Waals surface area contributed by atoms with Gasteiger partial charge in [0.15, 0.2) is 0 Å². The minimum atomic E-state index is -0.0838. The van der Waals surface area contributed by atoms with Gasteiger partial charge in [-0.15, -0.1) is 6.58 Å². The molecule has 1 N–H and O–H groups in total. The van der Waals surface area contributed by atoms with Gasteiger partial charge in [-0.1, -0.05) is 78.2 Å². The lowest BCUT2D eigenvalue weighted by Gasteiger charge is -2.19. The van der Waals surface area contributed by atoms with E-state index in [0.717, 1.165) is 12.8 Å². The molecule has 0 unspecified atom stereocenters. The van der Waals surface area contributed by atoms with Crippen LogP contribution < -0.4 is 0 Å². The van der Waals surface area contributed by atoms with Crippen molar-refractivity contribution in [1.82, 2.24) is 0 Å². The van der Waals surface area contributed by atoms with Crippen LogP contribution in [0.25, 0.3) is 0 Å². The van der Waals surface area contributed by atoms with Crippen LogP contribution in [0.1, 0.15) is 97.8 Å². The molecule has 0 saturated heterocycles. The summed E-state index contributed by atoms with van der Waals surface area (Å²) in [6.07, 6.45) is 16.9. The number of rotatable bonds is 15. The Morgan fingerprint density at radius 1 is 0.857 bits per heavy atom. The van der Waals surface area contributed by atoms with Crippen molar-refractivity contribution in [3.05, 3.63) is 12.7 Å². The van der Waals surface area contributed by atoms with Crippen molar-refractivity contribution >= 4 is 0 Å². The maximum Gasteiger partial charge on any atom is 0.0545 e. The SMILES string of the molecule is C=CCCCCCCC[C@@H](C)C[C@@H](O)C[C@@H](C)CCCC. The molecule has 0 aromatic rings. The Hall–Kier alpha value is -0.300. The van der Waals surface area contributed by atoms with Crippen LogP contribution in [-0.4, -0.2) is 11.2 Å². The standard InChI is InChI=1S/C20H40O/c1-5-7-9-10-11-12-13-15-19(4)17-20(21)16-18(3)14-8-6-2/h5,18-21H,1,6-17H2,2-4H3/t18-,19+,20-/m0/s1. The molecule has 0 fully saturated rings. The molecule has 0 saturated carbocycles. The number of aliphatic hydroxyl groups is 1. The average Bonchev–Trinajstić information content (AvgIpc) is 2.43. The minimum Gasteiger partial charge on any atom is -0.393 e. The zero-order valence-electron chi connectivity index (χ0n) is 14.9. The van der Waals surface area contributed by atoms with E-state index in [0.29, 0.717) is 11.8 Å². The molecular formula is C20H40O. The van der Waals surface area contributed by atoms with Crippen molar-refractivity contribution in [3.8, 4) is 0 Å². The molecule has 0 heterocycles. The Morgan fingerprint density at radius 3 is 1.95 bits per heavy atom. The van der Waals surface area contributed by atoms with Gasteiger partial charge in [-0.2, -0.15) is 0 Å². The van der Waals surface area contributed by atoms with Gasteiger partial charge in [0, 0.05) is 0 Å². The van der Waals surface area contributed by atoms with Gasteiger partial charge in [0.05, 0.1) is 6.10 Å². The van der Waals surface area contributed by atoms with Crippen molar-refractivity contribution in [2.24, 2.45) is 11.8 Å². The second-order valence-electron chi connectivity index (χ2n) is 7.11. The van der Waals surface area contributed by atoms with E-state index < -0.39 is 0 Å². The molecule has 126 valence electrons. The third kappa shape index (κ3) is 14.4. The van der Waals surface area contributed by atoms with Gasteiger partial charge >= 0.3 is 0 Å². The molecule has 0 amide bonds. The summed E-state index contributed by atoms with van der Waals surface area (Å²) in [5, 5.41) is 10.2. The van der Waals surface area contributed by atoms with Gasteiger partial charge < -0.3 is 5.11 Å². The molecule has 0 rings (SSSR count). The molecule has 0 aliphatic rings. The molecular weight excluding hydrogens is 256 g/mol. The summed E-state index contributed by atoms with van der Waals surface area (Å²) in [5.74, 6) is 1.35. The Labute approximate surface area is 134 Å². The fraction of sp³-hybridized carbons (Fsp3) is 0.900. The number of allylic oxidation sites excluding steroid dienone is 1. The van der Waals surface area contributed by atoms with Gasteiger partial charge in [0.1, 0.15) is 0 Å². The van der Waals surface area contributed by atoms with Crippen LogP contribution >= 0.6 is 0 Å². The molecule has 0 spiro atoms. The van der Waals surface area contributed by atoms with E-state index in [2.05, 4.69) is 27.4 Å². The summed E-state index contributed by atoms with van der Waals surface area (Å²) in [6.45, 7) is 10.6. The molecule has 0 aromatic carbocycles. The fourth-order valence-electron chi connectivity index (χ4n) is 3.13. The van der Waals surface area contributed by atoms with Crippen molar-refractivity contribution in [2.75, 3.05) is 0 Å². The number of hydrogen-bond donors (Lipinski definition) is 1. The van der Waals surface area contributed by atoms with Crippen molar-refractivity contribution in [3.63, 3.8) is 0 Å². The first-order valence-corrected chi connectivity index (χ1v) is 9.39. The Balaban J connectivity index is 3.50. The molecule has 0 aliphatic carbocycles. The van der Waals surface area contributed by atoms with Crippen molar-refractivity contribution < 1.29 is 5.11 Å². The summed E-state index contributed by atoms with van der Waals surface area (Å²) in [5.41, 5.74) is 0. The highest BCUT2D eigenvalue weighted by Gasteiger charge is 2.13. The first kappa shape index (κ1) is 20.7. The summed E-state index contributed by atoms with van der Waals surface area (Å²) in [4.78, 5) is 0. The largest absolute Gasteiger partial charge is 0.393 e. The van der Waals surface area contributed by atoms with Crippen LogP contribution in [-0.2, 0) is 0 Å². The molecule has 1 nitrogen and oxygen atoms in total. The van der Waals surface area contributed by atoms with E-state index in [4.69, 9.17) is 0 Å². The highest BCUT2D eigenvalue weighted by molar-refractivity contribution is 4.67. The molecule has 21 heavy (non-hydrogen) atoms.